The van der Waals surface area contributed by atoms with Gasteiger partial charge >= 0.3 is 5.97 Å². The summed E-state index contributed by atoms with van der Waals surface area (Å²) >= 11 is 0. The van der Waals surface area contributed by atoms with Crippen molar-refractivity contribution in [1.29, 1.82) is 0 Å². The van der Waals surface area contributed by atoms with Crippen LogP contribution in [0.5, 0.6) is 0 Å². The lowest BCUT2D eigenvalue weighted by atomic mass is 10.1. The summed E-state index contributed by atoms with van der Waals surface area (Å²) < 4.78 is 5.15. The van der Waals surface area contributed by atoms with E-state index in [1.54, 1.807) is 0 Å². The van der Waals surface area contributed by atoms with Crippen LogP contribution < -0.4 is 0 Å². The Morgan fingerprint density at radius 1 is 1.33 bits per heavy atom. The van der Waals surface area contributed by atoms with Gasteiger partial charge < -0.3 is 9.84 Å². The quantitative estimate of drug-likeness (QED) is 0.759. The predicted molar refractivity (Wildman–Crippen MR) is 55.0 cm³/mol. The highest BCUT2D eigenvalue weighted by Crippen LogP contribution is 2.46. The molecule has 0 heterocycles. The van der Waals surface area contributed by atoms with Crippen LogP contribution in [0.15, 0.2) is 30.3 Å². The van der Waals surface area contributed by atoms with Crippen LogP contribution in [0.2, 0.25) is 0 Å². The Morgan fingerprint density at radius 2 is 2.00 bits per heavy atom. The van der Waals surface area contributed by atoms with Gasteiger partial charge in [0.1, 0.15) is 6.61 Å². The van der Waals surface area contributed by atoms with Crippen LogP contribution in [-0.2, 0) is 16.1 Å². The second-order valence-corrected chi connectivity index (χ2v) is 4.00. The van der Waals surface area contributed by atoms with E-state index in [0.29, 0.717) is 6.61 Å². The van der Waals surface area contributed by atoms with E-state index in [4.69, 9.17) is 9.84 Å². The number of benzene rings is 1. The van der Waals surface area contributed by atoms with Gasteiger partial charge in [-0.3, -0.25) is 4.79 Å². The Balaban J connectivity index is 1.86. The Morgan fingerprint density at radius 3 is 2.53 bits per heavy atom. The fraction of sp³-hybridized carbons (Fsp3) is 0.417. The van der Waals surface area contributed by atoms with E-state index in [-0.39, 0.29) is 12.6 Å². The molecule has 0 radical (unpaired) electrons. The van der Waals surface area contributed by atoms with Crippen molar-refractivity contribution in [3.63, 3.8) is 0 Å². The molecule has 0 saturated heterocycles. The average Bonchev–Trinajstić information content (AvgIpc) is 3.08. The van der Waals surface area contributed by atoms with E-state index >= 15 is 0 Å². The molecule has 0 amide bonds. The standard InChI is InChI=1S/C12H14O3/c13-9-12(6-7-12)11(14)15-8-10-4-2-1-3-5-10/h1-5,13H,6-9H2. The zero-order chi connectivity index (χ0) is 10.7. The number of carbonyl (C=O) groups excluding carboxylic acids is 1. The molecule has 0 bridgehead atoms. The van der Waals surface area contributed by atoms with Crippen LogP contribution in [0.3, 0.4) is 0 Å². The summed E-state index contributed by atoms with van der Waals surface area (Å²) in [5.74, 6) is -0.270. The van der Waals surface area contributed by atoms with Gasteiger partial charge in [-0.25, -0.2) is 0 Å². The third kappa shape index (κ3) is 2.18. The van der Waals surface area contributed by atoms with Gasteiger partial charge in [0, 0.05) is 0 Å². The van der Waals surface area contributed by atoms with Gasteiger partial charge in [0.15, 0.2) is 0 Å². The van der Waals surface area contributed by atoms with Crippen molar-refractivity contribution in [2.75, 3.05) is 6.61 Å². The number of rotatable bonds is 4. The van der Waals surface area contributed by atoms with Gasteiger partial charge in [-0.2, -0.15) is 0 Å². The van der Waals surface area contributed by atoms with Gasteiger partial charge in [-0.15, -0.1) is 0 Å². The highest BCUT2D eigenvalue weighted by atomic mass is 16.5. The van der Waals surface area contributed by atoms with Crippen molar-refractivity contribution >= 4 is 5.97 Å². The first-order valence-electron chi connectivity index (χ1n) is 5.09. The van der Waals surface area contributed by atoms with Crippen molar-refractivity contribution in [2.24, 2.45) is 5.41 Å². The molecule has 0 aliphatic heterocycles. The van der Waals surface area contributed by atoms with Crippen LogP contribution in [0.25, 0.3) is 0 Å². The minimum Gasteiger partial charge on any atom is -0.460 e. The summed E-state index contributed by atoms with van der Waals surface area (Å²) in [5, 5.41) is 9.02. The Labute approximate surface area is 88.7 Å². The first-order chi connectivity index (χ1) is 7.27. The first-order valence-corrected chi connectivity index (χ1v) is 5.09. The number of aliphatic hydroxyl groups excluding tert-OH is 1. The molecule has 1 aliphatic rings. The third-order valence-corrected chi connectivity index (χ3v) is 2.80. The molecular formula is C12H14O3. The minimum absolute atomic E-state index is 0.0966. The van der Waals surface area contributed by atoms with Crippen molar-refractivity contribution in [2.45, 2.75) is 19.4 Å². The molecule has 1 fully saturated rings. The monoisotopic (exact) mass is 206 g/mol. The number of hydrogen-bond acceptors (Lipinski definition) is 3. The fourth-order valence-corrected chi connectivity index (χ4v) is 1.45. The summed E-state index contributed by atoms with van der Waals surface area (Å²) in [4.78, 5) is 11.5. The van der Waals surface area contributed by atoms with Gasteiger partial charge in [0.2, 0.25) is 0 Å². The second-order valence-electron chi connectivity index (χ2n) is 4.00. The maximum atomic E-state index is 11.5. The topological polar surface area (TPSA) is 46.5 Å². The molecule has 1 aromatic carbocycles. The summed E-state index contributed by atoms with van der Waals surface area (Å²) in [5.41, 5.74) is 0.397. The summed E-state index contributed by atoms with van der Waals surface area (Å²) in [6.45, 7) is 0.196. The van der Waals surface area contributed by atoms with Crippen LogP contribution in [0, 0.1) is 5.41 Å². The molecule has 1 saturated carbocycles. The summed E-state index contributed by atoms with van der Waals surface area (Å²) in [6, 6.07) is 9.54. The summed E-state index contributed by atoms with van der Waals surface area (Å²) in [7, 11) is 0. The van der Waals surface area contributed by atoms with E-state index in [9.17, 15) is 4.79 Å². The molecule has 1 aromatic rings. The van der Waals surface area contributed by atoms with Crippen molar-refractivity contribution in [3.8, 4) is 0 Å². The van der Waals surface area contributed by atoms with Crippen LogP contribution in [0.4, 0.5) is 0 Å². The van der Waals surface area contributed by atoms with Crippen molar-refractivity contribution < 1.29 is 14.6 Å². The van der Waals surface area contributed by atoms with Crippen LogP contribution >= 0.6 is 0 Å². The van der Waals surface area contributed by atoms with Crippen molar-refractivity contribution in [3.05, 3.63) is 35.9 Å². The zero-order valence-corrected chi connectivity index (χ0v) is 8.48. The molecule has 15 heavy (non-hydrogen) atoms. The minimum atomic E-state index is -0.575. The molecule has 2 rings (SSSR count). The first kappa shape index (κ1) is 10.2. The van der Waals surface area contributed by atoms with Gasteiger partial charge in [0.05, 0.1) is 12.0 Å². The van der Waals surface area contributed by atoms with E-state index in [0.717, 1.165) is 18.4 Å². The number of hydrogen-bond donors (Lipinski definition) is 1. The smallest absolute Gasteiger partial charge is 0.314 e. The summed E-state index contributed by atoms with van der Waals surface area (Å²) in [6.07, 6.45) is 1.49. The van der Waals surface area contributed by atoms with Crippen LogP contribution in [0.1, 0.15) is 18.4 Å². The van der Waals surface area contributed by atoms with E-state index in [1.165, 1.54) is 0 Å². The largest absolute Gasteiger partial charge is 0.460 e. The van der Waals surface area contributed by atoms with Gasteiger partial charge in [-0.05, 0) is 18.4 Å². The van der Waals surface area contributed by atoms with Gasteiger partial charge in [-0.1, -0.05) is 30.3 Å². The van der Waals surface area contributed by atoms with E-state index in [1.807, 2.05) is 30.3 Å². The van der Waals surface area contributed by atoms with Crippen molar-refractivity contribution in [1.82, 2.24) is 0 Å². The van der Waals surface area contributed by atoms with E-state index < -0.39 is 5.41 Å². The number of ether oxygens (including phenoxy) is 1. The predicted octanol–water partition coefficient (Wildman–Crippen LogP) is 1.50. The average molecular weight is 206 g/mol. The highest BCUT2D eigenvalue weighted by molar-refractivity contribution is 5.79. The Hall–Kier alpha value is -1.35. The lowest BCUT2D eigenvalue weighted by molar-refractivity contribution is -0.153. The molecule has 0 unspecified atom stereocenters. The molecule has 1 N–H and O–H groups in total. The molecular weight excluding hydrogens is 192 g/mol. The molecule has 0 atom stereocenters. The molecule has 80 valence electrons. The molecule has 3 heteroatoms. The zero-order valence-electron chi connectivity index (χ0n) is 8.48. The van der Waals surface area contributed by atoms with Crippen LogP contribution in [-0.4, -0.2) is 17.7 Å². The normalized spacial score (nSPS) is 17.1. The number of carbonyl (C=O) groups is 1. The fourth-order valence-electron chi connectivity index (χ4n) is 1.45. The lowest BCUT2D eigenvalue weighted by Gasteiger charge is -2.11. The van der Waals surface area contributed by atoms with E-state index in [2.05, 4.69) is 0 Å². The molecule has 1 aliphatic carbocycles. The maximum Gasteiger partial charge on any atom is 0.314 e. The highest BCUT2D eigenvalue weighted by Gasteiger charge is 2.50. The second kappa shape index (κ2) is 4.03. The number of esters is 1. The third-order valence-electron chi connectivity index (χ3n) is 2.80. The Kier molecular flexibility index (Phi) is 2.73. The molecule has 0 spiro atoms. The SMILES string of the molecule is O=C(OCc1ccccc1)C1(CO)CC1. The maximum absolute atomic E-state index is 11.5. The Bertz CT molecular complexity index is 341. The lowest BCUT2D eigenvalue weighted by Crippen LogP contribution is -2.22. The van der Waals surface area contributed by atoms with Gasteiger partial charge in [0.25, 0.3) is 0 Å². The molecule has 0 aromatic heterocycles. The molecule has 3 nitrogen and oxygen atoms in total. The number of aliphatic hydroxyl groups is 1.